The molecule has 0 heterocycles. The molecular formula is C10H7F2NO2. The molecule has 1 rings (SSSR count). The average molecular weight is 211 g/mol. The molecule has 15 heavy (non-hydrogen) atoms. The number of rotatable bonds is 2. The highest BCUT2D eigenvalue weighted by atomic mass is 19.1. The minimum atomic E-state index is -1.20. The molecule has 1 atom stereocenters. The lowest BCUT2D eigenvalue weighted by atomic mass is 10.00. The zero-order chi connectivity index (χ0) is 11.6. The van der Waals surface area contributed by atoms with Crippen molar-refractivity contribution in [3.63, 3.8) is 0 Å². The first-order chi connectivity index (χ1) is 6.99. The van der Waals surface area contributed by atoms with E-state index in [0.717, 1.165) is 12.1 Å². The number of nitro benzene ring substituents is 1. The Bertz CT molecular complexity index is 451. The van der Waals surface area contributed by atoms with E-state index < -0.39 is 33.7 Å². The van der Waals surface area contributed by atoms with Gasteiger partial charge in [-0.05, 0) is 13.0 Å². The van der Waals surface area contributed by atoms with Crippen molar-refractivity contribution in [2.45, 2.75) is 12.8 Å². The first-order valence-corrected chi connectivity index (χ1v) is 4.07. The molecule has 0 saturated heterocycles. The number of benzene rings is 1. The summed E-state index contributed by atoms with van der Waals surface area (Å²) in [6.45, 7) is 1.39. The van der Waals surface area contributed by atoms with Gasteiger partial charge in [-0.25, -0.2) is 4.39 Å². The molecule has 0 fully saturated rings. The molecule has 1 unspecified atom stereocenters. The molecule has 5 heteroatoms. The van der Waals surface area contributed by atoms with Crippen molar-refractivity contribution in [2.75, 3.05) is 0 Å². The second-order valence-corrected chi connectivity index (χ2v) is 2.94. The van der Waals surface area contributed by atoms with Gasteiger partial charge in [-0.3, -0.25) is 10.1 Å². The summed E-state index contributed by atoms with van der Waals surface area (Å²) in [5.74, 6) is -0.791. The highest BCUT2D eigenvalue weighted by Gasteiger charge is 2.23. The van der Waals surface area contributed by atoms with Gasteiger partial charge in [0.2, 0.25) is 5.82 Å². The molecule has 1 aromatic rings. The lowest BCUT2D eigenvalue weighted by Gasteiger charge is -2.07. The molecule has 0 aromatic heterocycles. The molecule has 0 bridgehead atoms. The van der Waals surface area contributed by atoms with Crippen molar-refractivity contribution < 1.29 is 13.7 Å². The maximum atomic E-state index is 13.4. The van der Waals surface area contributed by atoms with Crippen LogP contribution in [0, 0.1) is 34.1 Å². The molecule has 0 aliphatic rings. The molecule has 0 saturated carbocycles. The largest absolute Gasteiger partial charge is 0.305 e. The van der Waals surface area contributed by atoms with Crippen molar-refractivity contribution in [3.05, 3.63) is 39.4 Å². The van der Waals surface area contributed by atoms with Crippen LogP contribution in [-0.2, 0) is 0 Å². The third-order valence-corrected chi connectivity index (χ3v) is 1.99. The van der Waals surface area contributed by atoms with Crippen LogP contribution in [-0.4, -0.2) is 4.92 Å². The summed E-state index contributed by atoms with van der Waals surface area (Å²) in [6, 6.07) is 1.61. The van der Waals surface area contributed by atoms with E-state index in [1.54, 1.807) is 0 Å². The van der Waals surface area contributed by atoms with Crippen LogP contribution in [0.15, 0.2) is 12.1 Å². The number of halogens is 2. The van der Waals surface area contributed by atoms with Gasteiger partial charge in [0, 0.05) is 17.5 Å². The zero-order valence-electron chi connectivity index (χ0n) is 7.83. The van der Waals surface area contributed by atoms with Crippen LogP contribution in [0.2, 0.25) is 0 Å². The summed E-state index contributed by atoms with van der Waals surface area (Å²) in [5.41, 5.74) is -1.21. The fourth-order valence-corrected chi connectivity index (χ4v) is 1.18. The Morgan fingerprint density at radius 3 is 2.60 bits per heavy atom. The molecule has 0 spiro atoms. The van der Waals surface area contributed by atoms with Crippen LogP contribution in [0.3, 0.4) is 0 Å². The van der Waals surface area contributed by atoms with Gasteiger partial charge in [0.05, 0.1) is 4.92 Å². The molecular weight excluding hydrogens is 204 g/mol. The van der Waals surface area contributed by atoms with Gasteiger partial charge in [0.15, 0.2) is 0 Å². The molecule has 0 amide bonds. The van der Waals surface area contributed by atoms with Crippen molar-refractivity contribution in [2.24, 2.45) is 0 Å². The maximum Gasteiger partial charge on any atom is 0.305 e. The molecule has 1 aromatic carbocycles. The Kier molecular flexibility index (Phi) is 3.00. The van der Waals surface area contributed by atoms with Crippen LogP contribution < -0.4 is 0 Å². The lowest BCUT2D eigenvalue weighted by molar-refractivity contribution is -0.387. The van der Waals surface area contributed by atoms with E-state index in [-0.39, 0.29) is 0 Å². The second-order valence-electron chi connectivity index (χ2n) is 2.94. The summed E-state index contributed by atoms with van der Waals surface area (Å²) in [7, 11) is 0. The van der Waals surface area contributed by atoms with Crippen molar-refractivity contribution in [3.8, 4) is 12.3 Å². The Morgan fingerprint density at radius 1 is 1.53 bits per heavy atom. The fraction of sp³-hybridized carbons (Fsp3) is 0.200. The average Bonchev–Trinajstić information content (AvgIpc) is 2.16. The van der Waals surface area contributed by atoms with Crippen molar-refractivity contribution >= 4 is 5.69 Å². The first kappa shape index (κ1) is 11.1. The normalized spacial score (nSPS) is 11.9. The van der Waals surface area contributed by atoms with Crippen molar-refractivity contribution in [1.82, 2.24) is 0 Å². The topological polar surface area (TPSA) is 43.1 Å². The van der Waals surface area contributed by atoms with Crippen LogP contribution in [0.25, 0.3) is 0 Å². The predicted molar refractivity (Wildman–Crippen MR) is 50.3 cm³/mol. The number of hydrogen-bond donors (Lipinski definition) is 0. The van der Waals surface area contributed by atoms with E-state index in [1.807, 2.05) is 0 Å². The van der Waals surface area contributed by atoms with Crippen LogP contribution in [0.1, 0.15) is 18.4 Å². The lowest BCUT2D eigenvalue weighted by Crippen LogP contribution is -2.03. The fourth-order valence-electron chi connectivity index (χ4n) is 1.18. The van der Waals surface area contributed by atoms with E-state index in [0.29, 0.717) is 0 Å². The Morgan fingerprint density at radius 2 is 2.13 bits per heavy atom. The van der Waals surface area contributed by atoms with Gasteiger partial charge in [0.1, 0.15) is 5.82 Å². The molecule has 0 radical (unpaired) electrons. The van der Waals surface area contributed by atoms with Crippen LogP contribution in [0.5, 0.6) is 0 Å². The molecule has 0 aliphatic carbocycles. The third-order valence-electron chi connectivity index (χ3n) is 1.99. The number of nitrogens with zero attached hydrogens (tertiary/aromatic N) is 1. The van der Waals surface area contributed by atoms with Gasteiger partial charge < -0.3 is 0 Å². The number of terminal acetylenes is 1. The molecule has 78 valence electrons. The van der Waals surface area contributed by atoms with Gasteiger partial charge in [-0.1, -0.05) is 5.92 Å². The van der Waals surface area contributed by atoms with E-state index in [1.165, 1.54) is 6.92 Å². The van der Waals surface area contributed by atoms with Gasteiger partial charge in [-0.15, -0.1) is 6.42 Å². The second kappa shape index (κ2) is 4.05. The Labute approximate surface area is 84.9 Å². The Hall–Kier alpha value is -1.96. The molecule has 3 nitrogen and oxygen atoms in total. The SMILES string of the molecule is C#CC(C)c1c(F)ccc([N+](=O)[O-])c1F. The monoisotopic (exact) mass is 211 g/mol. The minimum absolute atomic E-state index is 0.438. The quantitative estimate of drug-likeness (QED) is 0.428. The highest BCUT2D eigenvalue weighted by Crippen LogP contribution is 2.28. The summed E-state index contributed by atoms with van der Waals surface area (Å²) in [5, 5.41) is 10.4. The third kappa shape index (κ3) is 1.94. The summed E-state index contributed by atoms with van der Waals surface area (Å²) < 4.78 is 26.6. The van der Waals surface area contributed by atoms with Gasteiger partial charge in [-0.2, -0.15) is 4.39 Å². The van der Waals surface area contributed by atoms with Crippen LogP contribution in [0.4, 0.5) is 14.5 Å². The molecule has 0 aliphatic heterocycles. The smallest absolute Gasteiger partial charge is 0.258 e. The van der Waals surface area contributed by atoms with E-state index in [2.05, 4.69) is 5.92 Å². The summed E-state index contributed by atoms with van der Waals surface area (Å²) in [4.78, 5) is 9.47. The highest BCUT2D eigenvalue weighted by molar-refractivity contribution is 5.41. The van der Waals surface area contributed by atoms with E-state index in [9.17, 15) is 18.9 Å². The summed E-state index contributed by atoms with van der Waals surface area (Å²) in [6.07, 6.45) is 5.01. The minimum Gasteiger partial charge on any atom is -0.258 e. The number of hydrogen-bond acceptors (Lipinski definition) is 2. The molecule has 0 N–H and O–H groups in total. The van der Waals surface area contributed by atoms with Gasteiger partial charge in [0.25, 0.3) is 0 Å². The van der Waals surface area contributed by atoms with Crippen molar-refractivity contribution in [1.29, 1.82) is 0 Å². The van der Waals surface area contributed by atoms with Gasteiger partial charge >= 0.3 is 5.69 Å². The first-order valence-electron chi connectivity index (χ1n) is 4.07. The van der Waals surface area contributed by atoms with E-state index >= 15 is 0 Å². The number of nitro groups is 1. The Balaban J connectivity index is 3.44. The maximum absolute atomic E-state index is 13.4. The zero-order valence-corrected chi connectivity index (χ0v) is 7.83. The predicted octanol–water partition coefficient (Wildman–Crippen LogP) is 2.61. The summed E-state index contributed by atoms with van der Waals surface area (Å²) >= 11 is 0. The van der Waals surface area contributed by atoms with Crippen LogP contribution >= 0.6 is 0 Å². The standard InChI is InChI=1S/C10H7F2NO2/c1-3-6(2)9-7(11)4-5-8(10(9)12)13(14)15/h1,4-6H,2H3. The van der Waals surface area contributed by atoms with E-state index in [4.69, 9.17) is 6.42 Å².